The van der Waals surface area contributed by atoms with Crippen molar-refractivity contribution >= 4 is 38.4 Å². The Hall–Kier alpha value is -4.37. The Balaban J connectivity index is 1.44. The molecular formula is C25H20N6O2S. The highest BCUT2D eigenvalue weighted by Crippen LogP contribution is 2.28. The van der Waals surface area contributed by atoms with E-state index in [9.17, 15) is 8.42 Å². The number of nitrogens with one attached hydrogen (secondary N) is 2. The van der Waals surface area contributed by atoms with Crippen molar-refractivity contribution in [2.75, 3.05) is 10.0 Å². The van der Waals surface area contributed by atoms with Crippen molar-refractivity contribution in [3.8, 4) is 11.4 Å². The Morgan fingerprint density at radius 1 is 0.765 bits per heavy atom. The molecule has 3 aromatic carbocycles. The first-order chi connectivity index (χ1) is 16.5. The summed E-state index contributed by atoms with van der Waals surface area (Å²) >= 11 is 0. The lowest BCUT2D eigenvalue weighted by Gasteiger charge is -2.12. The van der Waals surface area contributed by atoms with Crippen LogP contribution in [-0.4, -0.2) is 28.4 Å². The van der Waals surface area contributed by atoms with Crippen LogP contribution in [-0.2, 0) is 10.0 Å². The number of anilines is 3. The quantitative estimate of drug-likeness (QED) is 0.363. The average molecular weight is 469 g/mol. The maximum atomic E-state index is 12.7. The van der Waals surface area contributed by atoms with Crippen molar-refractivity contribution in [1.82, 2.24) is 19.9 Å². The standard InChI is InChI=1S/C25H20N6O2S/c1-17-15-16-26-25(27-17)31-34(32,33)20-13-11-19(12-14-20)28-24-21-9-5-6-10-22(21)29-23(30-24)18-7-3-2-4-8-18/h2-16H,1H3,(H,26,27,31)(H,28,29,30). The third kappa shape index (κ3) is 4.55. The molecule has 0 atom stereocenters. The molecule has 0 fully saturated rings. The van der Waals surface area contributed by atoms with Crippen LogP contribution < -0.4 is 10.0 Å². The van der Waals surface area contributed by atoms with Crippen molar-refractivity contribution in [2.24, 2.45) is 0 Å². The van der Waals surface area contributed by atoms with E-state index in [1.165, 1.54) is 18.3 Å². The Bertz CT molecular complexity index is 1570. The van der Waals surface area contributed by atoms with Crippen molar-refractivity contribution in [3.63, 3.8) is 0 Å². The molecule has 2 aromatic heterocycles. The maximum Gasteiger partial charge on any atom is 0.264 e. The fourth-order valence-corrected chi connectivity index (χ4v) is 4.37. The first-order valence-electron chi connectivity index (χ1n) is 10.5. The van der Waals surface area contributed by atoms with Gasteiger partial charge >= 0.3 is 0 Å². The van der Waals surface area contributed by atoms with Crippen molar-refractivity contribution in [2.45, 2.75) is 11.8 Å². The molecule has 0 aliphatic rings. The topological polar surface area (TPSA) is 110 Å². The second-order valence-electron chi connectivity index (χ2n) is 7.56. The SMILES string of the molecule is Cc1ccnc(NS(=O)(=O)c2ccc(Nc3nc(-c4ccccc4)nc4ccccc34)cc2)n1. The Labute approximate surface area is 196 Å². The smallest absolute Gasteiger partial charge is 0.264 e. The number of sulfonamides is 1. The summed E-state index contributed by atoms with van der Waals surface area (Å²) < 4.78 is 27.9. The van der Waals surface area contributed by atoms with Crippen molar-refractivity contribution in [1.29, 1.82) is 0 Å². The lowest BCUT2D eigenvalue weighted by molar-refractivity contribution is 0.601. The summed E-state index contributed by atoms with van der Waals surface area (Å²) in [5, 5.41) is 4.16. The predicted octanol–water partition coefficient (Wildman–Crippen LogP) is 4.94. The van der Waals surface area contributed by atoms with Crippen LogP contribution in [0.1, 0.15) is 5.69 Å². The third-order valence-electron chi connectivity index (χ3n) is 5.08. The molecule has 0 unspecified atom stereocenters. The van der Waals surface area contributed by atoms with E-state index >= 15 is 0 Å². The molecule has 34 heavy (non-hydrogen) atoms. The Kier molecular flexibility index (Phi) is 5.60. The van der Waals surface area contributed by atoms with Gasteiger partial charge in [-0.15, -0.1) is 0 Å². The molecule has 0 bridgehead atoms. The second kappa shape index (κ2) is 8.87. The molecule has 0 spiro atoms. The average Bonchev–Trinajstić information content (AvgIpc) is 2.84. The van der Waals surface area contributed by atoms with Crippen LogP contribution in [0.5, 0.6) is 0 Å². The zero-order valence-corrected chi connectivity index (χ0v) is 19.0. The van der Waals surface area contributed by atoms with Crippen LogP contribution in [0.15, 0.2) is 96.0 Å². The highest BCUT2D eigenvalue weighted by molar-refractivity contribution is 7.92. The molecule has 9 heteroatoms. The van der Waals surface area contributed by atoms with E-state index < -0.39 is 10.0 Å². The first kappa shape index (κ1) is 21.5. The Morgan fingerprint density at radius 3 is 2.26 bits per heavy atom. The molecule has 0 saturated carbocycles. The fourth-order valence-electron chi connectivity index (χ4n) is 3.42. The highest BCUT2D eigenvalue weighted by Gasteiger charge is 2.16. The lowest BCUT2D eigenvalue weighted by atomic mass is 10.2. The van der Waals surface area contributed by atoms with Gasteiger partial charge in [0.2, 0.25) is 5.95 Å². The molecular weight excluding hydrogens is 448 g/mol. The minimum atomic E-state index is -3.83. The molecule has 168 valence electrons. The van der Waals surface area contributed by atoms with Crippen LogP contribution in [0, 0.1) is 6.92 Å². The van der Waals surface area contributed by atoms with Gasteiger partial charge in [-0.3, -0.25) is 0 Å². The molecule has 5 rings (SSSR count). The largest absolute Gasteiger partial charge is 0.340 e. The van der Waals surface area contributed by atoms with Gasteiger partial charge in [-0.1, -0.05) is 42.5 Å². The van der Waals surface area contributed by atoms with E-state index in [1.54, 1.807) is 25.1 Å². The van der Waals surface area contributed by atoms with E-state index in [0.717, 1.165) is 16.5 Å². The van der Waals surface area contributed by atoms with E-state index in [-0.39, 0.29) is 10.8 Å². The zero-order valence-electron chi connectivity index (χ0n) is 18.2. The zero-order chi connectivity index (χ0) is 23.5. The van der Waals surface area contributed by atoms with Gasteiger partial charge in [-0.05, 0) is 49.4 Å². The molecule has 0 radical (unpaired) electrons. The molecule has 2 heterocycles. The number of hydrogen-bond donors (Lipinski definition) is 2. The summed E-state index contributed by atoms with van der Waals surface area (Å²) in [6, 6.07) is 25.6. The van der Waals surface area contributed by atoms with Crippen molar-refractivity contribution in [3.05, 3.63) is 96.8 Å². The summed E-state index contributed by atoms with van der Waals surface area (Å²) in [5.74, 6) is 1.26. The van der Waals surface area contributed by atoms with E-state index in [4.69, 9.17) is 4.98 Å². The minimum absolute atomic E-state index is 0.0306. The summed E-state index contributed by atoms with van der Waals surface area (Å²) in [4.78, 5) is 17.6. The predicted molar refractivity (Wildman–Crippen MR) is 132 cm³/mol. The number of para-hydroxylation sites is 1. The number of nitrogens with zero attached hydrogens (tertiary/aromatic N) is 4. The van der Waals surface area contributed by atoms with Gasteiger partial charge in [0.15, 0.2) is 5.82 Å². The molecule has 0 amide bonds. The third-order valence-corrected chi connectivity index (χ3v) is 6.43. The number of aromatic nitrogens is 4. The summed E-state index contributed by atoms with van der Waals surface area (Å²) in [5.41, 5.74) is 3.07. The van der Waals surface area contributed by atoms with Crippen LogP contribution in [0.25, 0.3) is 22.3 Å². The lowest BCUT2D eigenvalue weighted by Crippen LogP contribution is -2.15. The van der Waals surface area contributed by atoms with Crippen LogP contribution >= 0.6 is 0 Å². The molecule has 8 nitrogen and oxygen atoms in total. The fraction of sp³-hybridized carbons (Fsp3) is 0.0400. The highest BCUT2D eigenvalue weighted by atomic mass is 32.2. The summed E-state index contributed by atoms with van der Waals surface area (Å²) in [6.07, 6.45) is 1.50. The van der Waals surface area contributed by atoms with Gasteiger partial charge in [0.05, 0.1) is 10.4 Å². The molecule has 0 aliphatic heterocycles. The van der Waals surface area contributed by atoms with Gasteiger partial charge in [0.1, 0.15) is 5.82 Å². The normalized spacial score (nSPS) is 11.3. The van der Waals surface area contributed by atoms with Crippen molar-refractivity contribution < 1.29 is 8.42 Å². The summed E-state index contributed by atoms with van der Waals surface area (Å²) in [7, 11) is -3.83. The number of benzene rings is 3. The van der Waals surface area contributed by atoms with Gasteiger partial charge < -0.3 is 5.32 Å². The molecule has 0 aliphatic carbocycles. The number of aryl methyl sites for hydroxylation is 1. The van der Waals surface area contributed by atoms with Gasteiger partial charge in [-0.25, -0.2) is 33.1 Å². The van der Waals surface area contributed by atoms with E-state index in [0.29, 0.717) is 23.0 Å². The molecule has 2 N–H and O–H groups in total. The van der Waals surface area contributed by atoms with Crippen LogP contribution in [0.2, 0.25) is 0 Å². The monoisotopic (exact) mass is 468 g/mol. The maximum absolute atomic E-state index is 12.7. The number of fused-ring (bicyclic) bond motifs is 1. The van der Waals surface area contributed by atoms with E-state index in [2.05, 4.69) is 25.0 Å². The molecule has 0 saturated heterocycles. The molecule has 5 aromatic rings. The Morgan fingerprint density at radius 2 is 1.50 bits per heavy atom. The first-order valence-corrected chi connectivity index (χ1v) is 12.0. The summed E-state index contributed by atoms with van der Waals surface area (Å²) in [6.45, 7) is 1.76. The van der Waals surface area contributed by atoms with Gasteiger partial charge in [-0.2, -0.15) is 0 Å². The number of hydrogen-bond acceptors (Lipinski definition) is 7. The van der Waals surface area contributed by atoms with Gasteiger partial charge in [0, 0.05) is 28.5 Å². The van der Waals surface area contributed by atoms with Crippen LogP contribution in [0.3, 0.4) is 0 Å². The van der Waals surface area contributed by atoms with Gasteiger partial charge in [0.25, 0.3) is 10.0 Å². The van der Waals surface area contributed by atoms with E-state index in [1.807, 2.05) is 54.6 Å². The number of rotatable bonds is 6. The minimum Gasteiger partial charge on any atom is -0.340 e. The van der Waals surface area contributed by atoms with Crippen LogP contribution in [0.4, 0.5) is 17.5 Å². The second-order valence-corrected chi connectivity index (χ2v) is 9.24.